The van der Waals surface area contributed by atoms with E-state index in [1.165, 1.54) is 27.7 Å². The van der Waals surface area contributed by atoms with Crippen LogP contribution in [0.4, 0.5) is 0 Å². The Hall–Kier alpha value is -3.34. The topological polar surface area (TPSA) is 228 Å². The predicted octanol–water partition coefficient (Wildman–Crippen LogP) is 8.58. The number of carbonyl (C=O) groups is 6. The van der Waals surface area contributed by atoms with E-state index in [2.05, 4.69) is 41.5 Å². The van der Waals surface area contributed by atoms with Crippen molar-refractivity contribution >= 4 is 35.7 Å². The lowest BCUT2D eigenvalue weighted by Crippen LogP contribution is -2.66. The summed E-state index contributed by atoms with van der Waals surface area (Å²) >= 11 is 0. The van der Waals surface area contributed by atoms with Gasteiger partial charge in [0.25, 0.3) is 0 Å². The Bertz CT molecular complexity index is 1980. The summed E-state index contributed by atoms with van der Waals surface area (Å²) < 4.78 is 25.4. The molecular formula is C56H86N2O14. The van der Waals surface area contributed by atoms with E-state index < -0.39 is 11.6 Å². The van der Waals surface area contributed by atoms with E-state index in [9.17, 15) is 28.8 Å². The first-order chi connectivity index (χ1) is 33.8. The Labute approximate surface area is 426 Å². The summed E-state index contributed by atoms with van der Waals surface area (Å²) in [5.41, 5.74) is 9.99. The van der Waals surface area contributed by atoms with Gasteiger partial charge in [-0.05, 0) is 147 Å². The SMILES string of the molecule is CC(=O)OC1C[C@@H]2CC3(CC[C@]2(C)C2C[C@H](OC(C)=O)[C@]4(C)C(C(C)CCC(N)=O)CCC4C12)OOC1(CC[C@]2(C)C4C[C@H](OC(C)=O)[C@]5(C)C(C(C)CCC(N)=O)CCC5C4C(OC(C)=O)C[C@@H]2C1)OO3. The van der Waals surface area contributed by atoms with Crippen molar-refractivity contribution < 1.29 is 67.3 Å². The van der Waals surface area contributed by atoms with Gasteiger partial charge in [-0.2, -0.15) is 19.6 Å². The van der Waals surface area contributed by atoms with Crippen molar-refractivity contribution in [2.45, 2.75) is 221 Å². The highest BCUT2D eigenvalue weighted by Gasteiger charge is 2.72. The highest BCUT2D eigenvalue weighted by Crippen LogP contribution is 2.73. The van der Waals surface area contributed by atoms with E-state index in [1.54, 1.807) is 0 Å². The molecule has 1 heterocycles. The number of hydrogen-bond acceptors (Lipinski definition) is 14. The molecule has 0 radical (unpaired) electrons. The minimum absolute atomic E-state index is 0.00924. The fraction of sp³-hybridized carbons (Fsp3) is 0.893. The molecule has 2 amide bonds. The Morgan fingerprint density at radius 1 is 0.500 bits per heavy atom. The van der Waals surface area contributed by atoms with Crippen molar-refractivity contribution in [3.8, 4) is 0 Å². The van der Waals surface area contributed by atoms with Crippen LogP contribution in [0, 0.1) is 92.7 Å². The molecule has 12 unspecified atom stereocenters. The van der Waals surface area contributed by atoms with Crippen LogP contribution in [0.5, 0.6) is 0 Å². The average Bonchev–Trinajstić information content (AvgIpc) is 3.85. The molecule has 4 N–H and O–H groups in total. The average molecular weight is 1010 g/mol. The van der Waals surface area contributed by atoms with Crippen molar-refractivity contribution in [1.82, 2.24) is 0 Å². The molecule has 1 saturated heterocycles. The van der Waals surface area contributed by atoms with Crippen LogP contribution in [0.3, 0.4) is 0 Å². The van der Waals surface area contributed by atoms with Crippen LogP contribution in [0.15, 0.2) is 0 Å². The quantitative estimate of drug-likeness (QED) is 0.106. The van der Waals surface area contributed by atoms with E-state index in [4.69, 9.17) is 50.0 Å². The van der Waals surface area contributed by atoms with E-state index in [0.717, 1.165) is 38.5 Å². The zero-order valence-corrected chi connectivity index (χ0v) is 44.8. The number of ether oxygens (including phenoxy) is 4. The maximum absolute atomic E-state index is 13.0. The zero-order chi connectivity index (χ0) is 52.1. The summed E-state index contributed by atoms with van der Waals surface area (Å²) in [4.78, 5) is 102. The first-order valence-electron chi connectivity index (χ1n) is 27.8. The van der Waals surface area contributed by atoms with Crippen molar-refractivity contribution in [2.24, 2.45) is 104 Å². The van der Waals surface area contributed by atoms with Gasteiger partial charge < -0.3 is 30.4 Å². The molecule has 2 spiro atoms. The lowest BCUT2D eigenvalue weighted by atomic mass is 9.42. The molecule has 8 saturated carbocycles. The maximum Gasteiger partial charge on any atom is 0.302 e. The third-order valence-corrected chi connectivity index (χ3v) is 22.6. The van der Waals surface area contributed by atoms with Gasteiger partial charge in [0, 0.05) is 88.9 Å². The van der Waals surface area contributed by atoms with E-state index in [0.29, 0.717) is 77.0 Å². The largest absolute Gasteiger partial charge is 0.462 e. The van der Waals surface area contributed by atoms with Crippen LogP contribution in [0.25, 0.3) is 0 Å². The van der Waals surface area contributed by atoms with E-state index >= 15 is 0 Å². The summed E-state index contributed by atoms with van der Waals surface area (Å²) in [6, 6.07) is 0. The molecule has 9 fully saturated rings. The molecule has 9 aliphatic rings. The first-order valence-corrected chi connectivity index (χ1v) is 27.8. The van der Waals surface area contributed by atoms with Crippen molar-refractivity contribution in [1.29, 1.82) is 0 Å². The number of carbonyl (C=O) groups excluding carboxylic acids is 6. The summed E-state index contributed by atoms with van der Waals surface area (Å²) in [5.74, 6) is -3.05. The normalized spacial score (nSPS) is 47.8. The smallest absolute Gasteiger partial charge is 0.302 e. The van der Waals surface area contributed by atoms with Crippen LogP contribution in [0.1, 0.15) is 185 Å². The standard InChI is InChI=1S/C56H86N2O14/c1-29(11-17-47(57)63)37-13-15-39-49-41(25-45(53(37,39)9)67-33(5)61)51(7)19-21-55(27-35(51)23-43(49)65-31(3)59)69-71-56(72-70-55)22-20-52(8)36(28-56)24-44(66-32(4)60)50-40-16-14-38(30(2)12-18-48(58)64)54(40,10)46(26-42(50)52)68-34(6)62/h29-30,35-46,49-50H,11-28H2,1-10H3,(H2,57,63)(H2,58,64)/t29?,30?,35-,36-,37?,38?,39?,40?,41?,42?,43?,44?,45+,46+,49?,50?,51+,52+,53-,54-,55?,56?/m1/s1. The molecule has 9 rings (SSSR count). The van der Waals surface area contributed by atoms with E-state index in [-0.39, 0.29) is 153 Å². The molecule has 404 valence electrons. The van der Waals surface area contributed by atoms with Gasteiger partial charge >= 0.3 is 23.9 Å². The molecule has 0 aromatic heterocycles. The number of primary amides is 2. The van der Waals surface area contributed by atoms with Crippen LogP contribution in [-0.4, -0.2) is 71.7 Å². The highest BCUT2D eigenvalue weighted by molar-refractivity contribution is 5.74. The van der Waals surface area contributed by atoms with Crippen LogP contribution in [-0.2, 0) is 67.3 Å². The lowest BCUT2D eigenvalue weighted by Gasteiger charge is -2.66. The fourth-order valence-electron chi connectivity index (χ4n) is 19.3. The van der Waals surface area contributed by atoms with Gasteiger partial charge in [-0.15, -0.1) is 0 Å². The van der Waals surface area contributed by atoms with Gasteiger partial charge in [-0.1, -0.05) is 41.5 Å². The summed E-state index contributed by atoms with van der Waals surface area (Å²) in [7, 11) is 0. The highest BCUT2D eigenvalue weighted by atomic mass is 17.4. The minimum Gasteiger partial charge on any atom is -0.462 e. The number of nitrogens with two attached hydrogens (primary N) is 2. The van der Waals surface area contributed by atoms with Crippen molar-refractivity contribution in [3.63, 3.8) is 0 Å². The molecule has 0 bridgehead atoms. The van der Waals surface area contributed by atoms with E-state index in [1.807, 2.05) is 0 Å². The van der Waals surface area contributed by atoms with Gasteiger partial charge in [0.15, 0.2) is 0 Å². The summed E-state index contributed by atoms with van der Waals surface area (Å²) in [5, 5.41) is 0. The first kappa shape index (κ1) is 53.5. The monoisotopic (exact) mass is 1010 g/mol. The number of amides is 2. The Morgan fingerprint density at radius 2 is 0.847 bits per heavy atom. The second-order valence-electron chi connectivity index (χ2n) is 26.0. The number of esters is 4. The second-order valence-corrected chi connectivity index (χ2v) is 26.0. The number of rotatable bonds is 12. The van der Waals surface area contributed by atoms with Crippen molar-refractivity contribution in [2.75, 3.05) is 0 Å². The van der Waals surface area contributed by atoms with Gasteiger partial charge in [-0.25, -0.2) is 0 Å². The molecule has 20 atom stereocenters. The maximum atomic E-state index is 13.0. The molecule has 8 aliphatic carbocycles. The Morgan fingerprint density at radius 3 is 1.17 bits per heavy atom. The van der Waals surface area contributed by atoms with Crippen LogP contribution in [0.2, 0.25) is 0 Å². The van der Waals surface area contributed by atoms with Gasteiger partial charge in [0.1, 0.15) is 24.4 Å². The van der Waals surface area contributed by atoms with Crippen LogP contribution >= 0.6 is 0 Å². The fourth-order valence-corrected chi connectivity index (χ4v) is 19.3. The molecule has 0 aromatic carbocycles. The molecule has 0 aromatic rings. The number of fused-ring (bicyclic) bond motifs is 10. The van der Waals surface area contributed by atoms with Gasteiger partial charge in [-0.3, -0.25) is 28.8 Å². The second kappa shape index (κ2) is 19.3. The van der Waals surface area contributed by atoms with Crippen molar-refractivity contribution in [3.05, 3.63) is 0 Å². The molecule has 16 nitrogen and oxygen atoms in total. The van der Waals surface area contributed by atoms with Gasteiger partial charge in [0.05, 0.1) is 0 Å². The third-order valence-electron chi connectivity index (χ3n) is 22.6. The summed E-state index contributed by atoms with van der Waals surface area (Å²) in [6.45, 7) is 19.5. The Balaban J connectivity index is 0.934. The molecule has 72 heavy (non-hydrogen) atoms. The zero-order valence-electron chi connectivity index (χ0n) is 44.8. The molecule has 1 aliphatic heterocycles. The minimum atomic E-state index is -1.20. The van der Waals surface area contributed by atoms with Crippen LogP contribution < -0.4 is 11.5 Å². The predicted molar refractivity (Wildman–Crippen MR) is 259 cm³/mol. The third kappa shape index (κ3) is 9.00. The molecule has 16 heteroatoms. The lowest BCUT2D eigenvalue weighted by molar-refractivity contribution is -0.667. The van der Waals surface area contributed by atoms with Gasteiger partial charge in [0.2, 0.25) is 23.4 Å². The molecular weight excluding hydrogens is 925 g/mol. The Kier molecular flexibility index (Phi) is 14.4. The number of hydrogen-bond donors (Lipinski definition) is 2. The summed E-state index contributed by atoms with van der Waals surface area (Å²) in [6.07, 6.45) is 10.1.